The van der Waals surface area contributed by atoms with Crippen molar-refractivity contribution in [2.45, 2.75) is 20.3 Å². The van der Waals surface area contributed by atoms with Gasteiger partial charge in [-0.3, -0.25) is 0 Å². The van der Waals surface area contributed by atoms with Crippen LogP contribution in [0.1, 0.15) is 24.4 Å². The van der Waals surface area contributed by atoms with Gasteiger partial charge in [0, 0.05) is 0 Å². The molecule has 11 heavy (non-hydrogen) atoms. The first-order chi connectivity index (χ1) is 4.86. The summed E-state index contributed by atoms with van der Waals surface area (Å²) in [5, 5.41) is 0.691. The Morgan fingerprint density at radius 2 is 2.36 bits per heavy atom. The Bertz CT molecular complexity index is 276. The molecule has 0 bridgehead atoms. The van der Waals surface area contributed by atoms with E-state index in [0.29, 0.717) is 5.13 Å². The van der Waals surface area contributed by atoms with Crippen molar-refractivity contribution in [3.63, 3.8) is 0 Å². The van der Waals surface area contributed by atoms with Crippen LogP contribution in [-0.2, 0) is 6.42 Å². The van der Waals surface area contributed by atoms with Gasteiger partial charge in [-0.2, -0.15) is 0 Å². The van der Waals surface area contributed by atoms with Crippen molar-refractivity contribution in [2.24, 2.45) is 0 Å². The number of fused-ring (bicyclic) bond motifs is 1. The summed E-state index contributed by atoms with van der Waals surface area (Å²) in [6.07, 6.45) is 6.43. The smallest absolute Gasteiger partial charge is 0.180 e. The summed E-state index contributed by atoms with van der Waals surface area (Å²) in [5.41, 5.74) is 6.70. The van der Waals surface area contributed by atoms with Gasteiger partial charge in [0.15, 0.2) is 5.13 Å². The summed E-state index contributed by atoms with van der Waals surface area (Å²) in [6.45, 7) is 0. The molecule has 0 atom stereocenters. The summed E-state index contributed by atoms with van der Waals surface area (Å²) < 4.78 is 0. The van der Waals surface area contributed by atoms with E-state index in [1.54, 1.807) is 11.3 Å². The molecule has 2 nitrogen and oxygen atoms in total. The van der Waals surface area contributed by atoms with Crippen LogP contribution in [-0.4, -0.2) is 4.98 Å². The molecular formula is C8H12N2S. The fourth-order valence-electron chi connectivity index (χ4n) is 1.10. The number of hydrogen-bond donors (Lipinski definition) is 1. The van der Waals surface area contributed by atoms with E-state index < -0.39 is 0 Å². The first kappa shape index (κ1) is 8.27. The summed E-state index contributed by atoms with van der Waals surface area (Å²) in [6, 6.07) is 0. The summed E-state index contributed by atoms with van der Waals surface area (Å²) >= 11 is 1.57. The number of anilines is 1. The number of hydrogen-bond acceptors (Lipinski definition) is 3. The minimum atomic E-state index is 0. The van der Waals surface area contributed by atoms with E-state index in [2.05, 4.69) is 17.1 Å². The molecule has 0 saturated heterocycles. The lowest BCUT2D eigenvalue weighted by atomic mass is 10.1. The number of rotatable bonds is 0. The van der Waals surface area contributed by atoms with Crippen molar-refractivity contribution >= 4 is 22.5 Å². The van der Waals surface area contributed by atoms with E-state index in [1.165, 1.54) is 10.6 Å². The highest BCUT2D eigenvalue weighted by molar-refractivity contribution is 7.16. The van der Waals surface area contributed by atoms with Gasteiger partial charge in [0.05, 0.1) is 10.6 Å². The second kappa shape index (κ2) is 3.05. The van der Waals surface area contributed by atoms with Crippen LogP contribution in [0.15, 0.2) is 6.08 Å². The first-order valence-electron chi connectivity index (χ1n) is 3.28. The van der Waals surface area contributed by atoms with Crippen LogP contribution in [0.4, 0.5) is 5.13 Å². The lowest BCUT2D eigenvalue weighted by molar-refractivity contribution is 0.948. The zero-order valence-corrected chi connectivity index (χ0v) is 6.32. The quantitative estimate of drug-likeness (QED) is 0.645. The Morgan fingerprint density at radius 3 is 3.09 bits per heavy atom. The zero-order chi connectivity index (χ0) is 6.97. The Labute approximate surface area is 70.8 Å². The maximum atomic E-state index is 5.53. The van der Waals surface area contributed by atoms with Gasteiger partial charge in [-0.1, -0.05) is 24.8 Å². The van der Waals surface area contributed by atoms with E-state index in [1.807, 2.05) is 0 Å². The van der Waals surface area contributed by atoms with Gasteiger partial charge in [-0.05, 0) is 18.9 Å². The summed E-state index contributed by atoms with van der Waals surface area (Å²) in [7, 11) is 0. The second-order valence-corrected chi connectivity index (χ2v) is 3.37. The van der Waals surface area contributed by atoms with Crippen molar-refractivity contribution in [2.75, 3.05) is 5.73 Å². The van der Waals surface area contributed by atoms with Crippen LogP contribution in [0.25, 0.3) is 6.08 Å². The highest BCUT2D eigenvalue weighted by Crippen LogP contribution is 2.26. The van der Waals surface area contributed by atoms with Crippen molar-refractivity contribution in [1.29, 1.82) is 0 Å². The third-order valence-electron chi connectivity index (χ3n) is 1.56. The van der Waals surface area contributed by atoms with Crippen LogP contribution in [0, 0.1) is 0 Å². The number of nitrogen functional groups attached to an aromatic ring is 1. The molecule has 1 aromatic rings. The fourth-order valence-corrected chi connectivity index (χ4v) is 1.91. The molecule has 0 fully saturated rings. The number of allylic oxidation sites excluding steroid dienone is 1. The maximum absolute atomic E-state index is 5.53. The van der Waals surface area contributed by atoms with Crippen molar-refractivity contribution in [3.05, 3.63) is 16.6 Å². The molecule has 0 amide bonds. The molecular weight excluding hydrogens is 156 g/mol. The molecule has 0 radical (unpaired) electrons. The van der Waals surface area contributed by atoms with Gasteiger partial charge in [-0.25, -0.2) is 4.98 Å². The minimum absolute atomic E-state index is 0. The number of thiazole rings is 1. The van der Waals surface area contributed by atoms with Gasteiger partial charge in [-0.15, -0.1) is 0 Å². The fraction of sp³-hybridized carbons (Fsp3) is 0.375. The Balaban J connectivity index is 0.000000605. The van der Waals surface area contributed by atoms with Gasteiger partial charge < -0.3 is 5.73 Å². The third kappa shape index (κ3) is 1.43. The maximum Gasteiger partial charge on any atom is 0.180 e. The SMILES string of the molecule is C.Nc1nc2c(s1)C=CCC2. The molecule has 0 unspecified atom stereocenters. The average Bonchev–Trinajstić information content (AvgIpc) is 2.27. The summed E-state index contributed by atoms with van der Waals surface area (Å²) in [5.74, 6) is 0. The molecule has 2 rings (SSSR count). The summed E-state index contributed by atoms with van der Waals surface area (Å²) in [4.78, 5) is 5.44. The van der Waals surface area contributed by atoms with E-state index >= 15 is 0 Å². The van der Waals surface area contributed by atoms with Crippen molar-refractivity contribution in [1.82, 2.24) is 4.98 Å². The Kier molecular flexibility index (Phi) is 2.29. The molecule has 1 heterocycles. The molecule has 0 saturated carbocycles. The third-order valence-corrected chi connectivity index (χ3v) is 2.45. The molecule has 1 aliphatic carbocycles. The molecule has 3 heteroatoms. The van der Waals surface area contributed by atoms with E-state index in [0.717, 1.165) is 12.8 Å². The first-order valence-corrected chi connectivity index (χ1v) is 4.09. The van der Waals surface area contributed by atoms with Gasteiger partial charge in [0.2, 0.25) is 0 Å². The number of aryl methyl sites for hydroxylation is 1. The Morgan fingerprint density at radius 1 is 1.55 bits per heavy atom. The topological polar surface area (TPSA) is 38.9 Å². The minimum Gasteiger partial charge on any atom is -0.375 e. The molecule has 1 aliphatic rings. The number of nitrogens with two attached hydrogens (primary N) is 1. The normalized spacial score (nSPS) is 13.8. The molecule has 1 aromatic heterocycles. The van der Waals surface area contributed by atoms with Crippen LogP contribution >= 0.6 is 11.3 Å². The van der Waals surface area contributed by atoms with E-state index in [4.69, 9.17) is 5.73 Å². The second-order valence-electron chi connectivity index (χ2n) is 2.30. The van der Waals surface area contributed by atoms with Gasteiger partial charge in [0.1, 0.15) is 0 Å². The average molecular weight is 168 g/mol. The molecule has 0 aliphatic heterocycles. The standard InChI is InChI=1S/C7H8N2S.CH4/c8-7-9-5-3-1-2-4-6(5)10-7;/h2,4H,1,3H2,(H2,8,9);1H4. The number of aromatic nitrogens is 1. The van der Waals surface area contributed by atoms with E-state index in [-0.39, 0.29) is 7.43 Å². The van der Waals surface area contributed by atoms with Crippen molar-refractivity contribution < 1.29 is 0 Å². The monoisotopic (exact) mass is 168 g/mol. The molecule has 2 N–H and O–H groups in total. The van der Waals surface area contributed by atoms with Crippen LogP contribution in [0.2, 0.25) is 0 Å². The van der Waals surface area contributed by atoms with Crippen molar-refractivity contribution in [3.8, 4) is 0 Å². The highest BCUT2D eigenvalue weighted by atomic mass is 32.1. The van der Waals surface area contributed by atoms with Crippen LogP contribution < -0.4 is 5.73 Å². The number of nitrogens with zero attached hydrogens (tertiary/aromatic N) is 1. The van der Waals surface area contributed by atoms with Crippen LogP contribution in [0.5, 0.6) is 0 Å². The predicted molar refractivity (Wildman–Crippen MR) is 50.6 cm³/mol. The van der Waals surface area contributed by atoms with Gasteiger partial charge in [0.25, 0.3) is 0 Å². The highest BCUT2D eigenvalue weighted by Gasteiger charge is 2.08. The molecule has 0 spiro atoms. The zero-order valence-electron chi connectivity index (χ0n) is 5.50. The molecule has 0 aromatic carbocycles. The predicted octanol–water partition coefficient (Wildman–Crippen LogP) is 2.32. The van der Waals surface area contributed by atoms with Gasteiger partial charge >= 0.3 is 0 Å². The molecule has 60 valence electrons. The lowest BCUT2D eigenvalue weighted by Gasteiger charge is -1.99. The van der Waals surface area contributed by atoms with Crippen LogP contribution in [0.3, 0.4) is 0 Å². The lowest BCUT2D eigenvalue weighted by Crippen LogP contribution is -1.91. The Hall–Kier alpha value is -0.830. The van der Waals surface area contributed by atoms with E-state index in [9.17, 15) is 0 Å². The largest absolute Gasteiger partial charge is 0.375 e.